The van der Waals surface area contributed by atoms with Crippen molar-refractivity contribution in [1.29, 1.82) is 0 Å². The SMILES string of the molecule is CCCCN(C)CCC(NC)c1cccc(F)c1F. The van der Waals surface area contributed by atoms with Crippen LogP contribution in [0.2, 0.25) is 0 Å². The van der Waals surface area contributed by atoms with Gasteiger partial charge in [0.1, 0.15) is 0 Å². The summed E-state index contributed by atoms with van der Waals surface area (Å²) in [4.78, 5) is 2.23. The number of halogens is 2. The molecule has 1 unspecified atom stereocenters. The normalized spacial score (nSPS) is 12.9. The van der Waals surface area contributed by atoms with E-state index in [2.05, 4.69) is 24.2 Å². The largest absolute Gasteiger partial charge is 0.313 e. The van der Waals surface area contributed by atoms with Gasteiger partial charge in [0, 0.05) is 11.6 Å². The lowest BCUT2D eigenvalue weighted by Crippen LogP contribution is -2.26. The highest BCUT2D eigenvalue weighted by Gasteiger charge is 2.16. The van der Waals surface area contributed by atoms with Crippen LogP contribution < -0.4 is 5.32 Å². The second-order valence-corrected chi connectivity index (χ2v) is 4.93. The Bertz CT molecular complexity index is 382. The molecule has 0 saturated heterocycles. The second-order valence-electron chi connectivity index (χ2n) is 4.93. The van der Waals surface area contributed by atoms with Crippen molar-refractivity contribution in [2.24, 2.45) is 0 Å². The van der Waals surface area contributed by atoms with Gasteiger partial charge in [-0.05, 0) is 46.1 Å². The number of hydrogen-bond donors (Lipinski definition) is 1. The van der Waals surface area contributed by atoms with Gasteiger partial charge in [-0.2, -0.15) is 0 Å². The standard InChI is InChI=1S/C15H24F2N2/c1-4-5-10-19(3)11-9-14(18-2)12-7-6-8-13(16)15(12)17/h6-8,14,18H,4-5,9-11H2,1-3H3. The summed E-state index contributed by atoms with van der Waals surface area (Å²) in [5.41, 5.74) is 0.409. The van der Waals surface area contributed by atoms with Gasteiger partial charge in [0.15, 0.2) is 11.6 Å². The maximum atomic E-state index is 13.7. The molecule has 0 amide bonds. The van der Waals surface area contributed by atoms with Crippen molar-refractivity contribution in [3.05, 3.63) is 35.4 Å². The Kier molecular flexibility index (Phi) is 6.95. The molecule has 0 aromatic heterocycles. The average molecular weight is 270 g/mol. The molecule has 1 atom stereocenters. The van der Waals surface area contributed by atoms with Crippen molar-refractivity contribution in [1.82, 2.24) is 10.2 Å². The van der Waals surface area contributed by atoms with Crippen LogP contribution in [-0.4, -0.2) is 32.1 Å². The molecule has 2 nitrogen and oxygen atoms in total. The first kappa shape index (κ1) is 16.1. The van der Waals surface area contributed by atoms with E-state index < -0.39 is 11.6 Å². The second kappa shape index (κ2) is 8.23. The van der Waals surface area contributed by atoms with Crippen LogP contribution in [0.25, 0.3) is 0 Å². The Labute approximate surface area is 114 Å². The highest BCUT2D eigenvalue weighted by Crippen LogP contribution is 2.21. The monoisotopic (exact) mass is 270 g/mol. The van der Waals surface area contributed by atoms with E-state index in [1.165, 1.54) is 6.42 Å². The van der Waals surface area contributed by atoms with E-state index in [0.717, 1.165) is 32.0 Å². The molecular weight excluding hydrogens is 246 g/mol. The first-order valence-corrected chi connectivity index (χ1v) is 6.89. The van der Waals surface area contributed by atoms with Gasteiger partial charge in [0.05, 0.1) is 0 Å². The Morgan fingerprint density at radius 1 is 1.26 bits per heavy atom. The fourth-order valence-corrected chi connectivity index (χ4v) is 2.13. The van der Waals surface area contributed by atoms with Crippen LogP contribution in [0.3, 0.4) is 0 Å². The Morgan fingerprint density at radius 3 is 2.63 bits per heavy atom. The summed E-state index contributed by atoms with van der Waals surface area (Å²) >= 11 is 0. The van der Waals surface area contributed by atoms with Crippen molar-refractivity contribution in [3.8, 4) is 0 Å². The van der Waals surface area contributed by atoms with E-state index in [1.807, 2.05) is 0 Å². The van der Waals surface area contributed by atoms with E-state index >= 15 is 0 Å². The number of nitrogens with one attached hydrogen (secondary N) is 1. The summed E-state index contributed by atoms with van der Waals surface area (Å²) in [6, 6.07) is 4.20. The third-order valence-electron chi connectivity index (χ3n) is 3.40. The summed E-state index contributed by atoms with van der Waals surface area (Å²) in [5.74, 6) is -1.52. The minimum Gasteiger partial charge on any atom is -0.313 e. The van der Waals surface area contributed by atoms with E-state index in [4.69, 9.17) is 0 Å². The molecule has 0 aliphatic heterocycles. The zero-order valence-electron chi connectivity index (χ0n) is 12.0. The lowest BCUT2D eigenvalue weighted by Gasteiger charge is -2.22. The fourth-order valence-electron chi connectivity index (χ4n) is 2.13. The zero-order valence-corrected chi connectivity index (χ0v) is 12.0. The maximum absolute atomic E-state index is 13.7. The summed E-state index contributed by atoms with van der Waals surface area (Å²) in [6.45, 7) is 4.06. The highest BCUT2D eigenvalue weighted by molar-refractivity contribution is 5.22. The first-order chi connectivity index (χ1) is 9.10. The molecule has 0 spiro atoms. The molecular formula is C15H24F2N2. The van der Waals surface area contributed by atoms with Gasteiger partial charge in [-0.15, -0.1) is 0 Å². The summed E-state index contributed by atoms with van der Waals surface area (Å²) in [5, 5.41) is 3.06. The number of rotatable bonds is 8. The number of unbranched alkanes of at least 4 members (excludes halogenated alkanes) is 1. The summed E-state index contributed by atoms with van der Waals surface area (Å²) < 4.78 is 27.0. The lowest BCUT2D eigenvalue weighted by molar-refractivity contribution is 0.304. The Hall–Kier alpha value is -1.00. The third kappa shape index (κ3) is 4.88. The van der Waals surface area contributed by atoms with Gasteiger partial charge >= 0.3 is 0 Å². The predicted octanol–water partition coefficient (Wildman–Crippen LogP) is 3.35. The van der Waals surface area contributed by atoms with Crippen LogP contribution in [0.1, 0.15) is 37.8 Å². The number of nitrogens with zero attached hydrogens (tertiary/aromatic N) is 1. The molecule has 108 valence electrons. The Morgan fingerprint density at radius 2 is 2.00 bits per heavy atom. The van der Waals surface area contributed by atoms with Gasteiger partial charge < -0.3 is 10.2 Å². The molecule has 0 heterocycles. The van der Waals surface area contributed by atoms with Crippen molar-refractivity contribution in [2.75, 3.05) is 27.2 Å². The molecule has 0 fully saturated rings. The fraction of sp³-hybridized carbons (Fsp3) is 0.600. The van der Waals surface area contributed by atoms with Crippen LogP contribution in [0.15, 0.2) is 18.2 Å². The van der Waals surface area contributed by atoms with Crippen molar-refractivity contribution in [3.63, 3.8) is 0 Å². The molecule has 0 bridgehead atoms. The quantitative estimate of drug-likeness (QED) is 0.779. The van der Waals surface area contributed by atoms with Gasteiger partial charge in [-0.1, -0.05) is 25.5 Å². The molecule has 1 rings (SSSR count). The van der Waals surface area contributed by atoms with Crippen LogP contribution in [0, 0.1) is 11.6 Å². The molecule has 0 radical (unpaired) electrons. The van der Waals surface area contributed by atoms with Crippen molar-refractivity contribution < 1.29 is 8.78 Å². The molecule has 1 aromatic rings. The topological polar surface area (TPSA) is 15.3 Å². The maximum Gasteiger partial charge on any atom is 0.163 e. The minimum absolute atomic E-state index is 0.153. The van der Waals surface area contributed by atoms with E-state index in [1.54, 1.807) is 19.2 Å². The summed E-state index contributed by atoms with van der Waals surface area (Å²) in [6.07, 6.45) is 3.09. The molecule has 4 heteroatoms. The molecule has 0 aliphatic rings. The van der Waals surface area contributed by atoms with Crippen LogP contribution in [0.5, 0.6) is 0 Å². The first-order valence-electron chi connectivity index (χ1n) is 6.89. The molecule has 0 saturated carbocycles. The van der Waals surface area contributed by atoms with Gasteiger partial charge in [0.25, 0.3) is 0 Å². The van der Waals surface area contributed by atoms with Crippen molar-refractivity contribution in [2.45, 2.75) is 32.2 Å². The number of hydrogen-bond acceptors (Lipinski definition) is 2. The van der Waals surface area contributed by atoms with Crippen LogP contribution >= 0.6 is 0 Å². The van der Waals surface area contributed by atoms with Crippen LogP contribution in [-0.2, 0) is 0 Å². The van der Waals surface area contributed by atoms with Crippen molar-refractivity contribution >= 4 is 0 Å². The average Bonchev–Trinajstić information content (AvgIpc) is 2.41. The third-order valence-corrected chi connectivity index (χ3v) is 3.40. The predicted molar refractivity (Wildman–Crippen MR) is 75.2 cm³/mol. The van der Waals surface area contributed by atoms with Gasteiger partial charge in [-0.3, -0.25) is 0 Å². The van der Waals surface area contributed by atoms with E-state index in [0.29, 0.717) is 5.56 Å². The zero-order chi connectivity index (χ0) is 14.3. The van der Waals surface area contributed by atoms with Gasteiger partial charge in [0.2, 0.25) is 0 Å². The lowest BCUT2D eigenvalue weighted by atomic mass is 10.0. The van der Waals surface area contributed by atoms with Crippen LogP contribution in [0.4, 0.5) is 8.78 Å². The Balaban J connectivity index is 2.60. The minimum atomic E-state index is -0.780. The van der Waals surface area contributed by atoms with E-state index in [-0.39, 0.29) is 6.04 Å². The van der Waals surface area contributed by atoms with E-state index in [9.17, 15) is 8.78 Å². The molecule has 1 N–H and O–H groups in total. The summed E-state index contributed by atoms with van der Waals surface area (Å²) in [7, 11) is 3.84. The number of benzene rings is 1. The smallest absolute Gasteiger partial charge is 0.163 e. The molecule has 19 heavy (non-hydrogen) atoms. The highest BCUT2D eigenvalue weighted by atomic mass is 19.2. The molecule has 1 aromatic carbocycles. The molecule has 0 aliphatic carbocycles. The van der Waals surface area contributed by atoms with Gasteiger partial charge in [-0.25, -0.2) is 8.78 Å².